The van der Waals surface area contributed by atoms with Crippen molar-refractivity contribution in [3.8, 4) is 11.5 Å². The molecular formula is C15H17NO4S. The van der Waals surface area contributed by atoms with E-state index in [-0.39, 0.29) is 4.90 Å². The molecule has 0 aliphatic rings. The topological polar surface area (TPSA) is 64.6 Å². The zero-order chi connectivity index (χ0) is 15.5. The average Bonchev–Trinajstić information content (AvgIpc) is 2.49. The van der Waals surface area contributed by atoms with E-state index < -0.39 is 10.0 Å². The summed E-state index contributed by atoms with van der Waals surface area (Å²) < 4.78 is 37.5. The number of methoxy groups -OCH3 is 2. The molecule has 0 aliphatic heterocycles. The minimum Gasteiger partial charge on any atom is -0.497 e. The molecule has 0 radical (unpaired) electrons. The Labute approximate surface area is 124 Å². The highest BCUT2D eigenvalue weighted by molar-refractivity contribution is 7.92. The first-order valence-electron chi connectivity index (χ1n) is 6.28. The van der Waals surface area contributed by atoms with Crippen molar-refractivity contribution in [3.05, 3.63) is 48.0 Å². The van der Waals surface area contributed by atoms with Crippen molar-refractivity contribution in [2.75, 3.05) is 18.9 Å². The maximum atomic E-state index is 12.4. The SMILES string of the molecule is COc1ccc(S(=O)(=O)Nc2cccc(OC)c2C)cc1. The molecule has 2 aromatic carbocycles. The molecule has 0 unspecified atom stereocenters. The van der Waals surface area contributed by atoms with E-state index in [2.05, 4.69) is 4.72 Å². The fourth-order valence-electron chi connectivity index (χ4n) is 1.90. The highest BCUT2D eigenvalue weighted by Crippen LogP contribution is 2.27. The van der Waals surface area contributed by atoms with Gasteiger partial charge in [0, 0.05) is 5.56 Å². The van der Waals surface area contributed by atoms with Gasteiger partial charge in [0.15, 0.2) is 0 Å². The Balaban J connectivity index is 2.32. The standard InChI is InChI=1S/C15H17NO4S/c1-11-14(5-4-6-15(11)20-3)16-21(17,18)13-9-7-12(19-2)8-10-13/h4-10,16H,1-3H3. The second-order valence-corrected chi connectivity index (χ2v) is 6.10. The fourth-order valence-corrected chi connectivity index (χ4v) is 3.03. The van der Waals surface area contributed by atoms with E-state index >= 15 is 0 Å². The van der Waals surface area contributed by atoms with Gasteiger partial charge in [-0.3, -0.25) is 4.72 Å². The van der Waals surface area contributed by atoms with Gasteiger partial charge in [-0.05, 0) is 43.3 Å². The van der Waals surface area contributed by atoms with Gasteiger partial charge in [0.25, 0.3) is 10.0 Å². The number of sulfonamides is 1. The van der Waals surface area contributed by atoms with Crippen LogP contribution in [0.25, 0.3) is 0 Å². The van der Waals surface area contributed by atoms with Crippen LogP contribution in [0.1, 0.15) is 5.56 Å². The van der Waals surface area contributed by atoms with Crippen molar-refractivity contribution >= 4 is 15.7 Å². The Kier molecular flexibility index (Phi) is 4.37. The first-order valence-corrected chi connectivity index (χ1v) is 7.76. The third-order valence-electron chi connectivity index (χ3n) is 3.12. The van der Waals surface area contributed by atoms with Gasteiger partial charge in [-0.15, -0.1) is 0 Å². The van der Waals surface area contributed by atoms with E-state index in [1.165, 1.54) is 19.2 Å². The zero-order valence-corrected chi connectivity index (χ0v) is 12.9. The summed E-state index contributed by atoms with van der Waals surface area (Å²) in [7, 11) is -0.572. The Morgan fingerprint density at radius 1 is 0.952 bits per heavy atom. The van der Waals surface area contributed by atoms with Crippen molar-refractivity contribution in [3.63, 3.8) is 0 Å². The van der Waals surface area contributed by atoms with Crippen molar-refractivity contribution in [1.29, 1.82) is 0 Å². The van der Waals surface area contributed by atoms with Gasteiger partial charge in [-0.1, -0.05) is 6.07 Å². The van der Waals surface area contributed by atoms with Crippen molar-refractivity contribution in [1.82, 2.24) is 0 Å². The number of hydrogen-bond acceptors (Lipinski definition) is 4. The van der Waals surface area contributed by atoms with Crippen LogP contribution in [0.4, 0.5) is 5.69 Å². The molecule has 6 heteroatoms. The molecule has 0 saturated carbocycles. The number of rotatable bonds is 5. The van der Waals surface area contributed by atoms with Crippen LogP contribution < -0.4 is 14.2 Å². The summed E-state index contributed by atoms with van der Waals surface area (Å²) in [5.41, 5.74) is 1.22. The molecule has 1 N–H and O–H groups in total. The number of nitrogens with one attached hydrogen (secondary N) is 1. The molecule has 0 spiro atoms. The summed E-state index contributed by atoms with van der Waals surface area (Å²) in [6.07, 6.45) is 0. The molecule has 5 nitrogen and oxygen atoms in total. The van der Waals surface area contributed by atoms with Gasteiger partial charge in [0.2, 0.25) is 0 Å². The van der Waals surface area contributed by atoms with Crippen LogP contribution in [0, 0.1) is 6.92 Å². The molecule has 2 rings (SSSR count). The quantitative estimate of drug-likeness (QED) is 0.922. The average molecular weight is 307 g/mol. The summed E-state index contributed by atoms with van der Waals surface area (Å²) in [4.78, 5) is 0.172. The predicted octanol–water partition coefficient (Wildman–Crippen LogP) is 2.81. The highest BCUT2D eigenvalue weighted by atomic mass is 32.2. The molecule has 0 aromatic heterocycles. The van der Waals surface area contributed by atoms with Crippen LogP contribution in [0.2, 0.25) is 0 Å². The van der Waals surface area contributed by atoms with Gasteiger partial charge < -0.3 is 9.47 Å². The van der Waals surface area contributed by atoms with Crippen LogP contribution in [-0.2, 0) is 10.0 Å². The highest BCUT2D eigenvalue weighted by Gasteiger charge is 2.16. The largest absolute Gasteiger partial charge is 0.497 e. The second kappa shape index (κ2) is 6.05. The van der Waals surface area contributed by atoms with Gasteiger partial charge in [0.05, 0.1) is 24.8 Å². The number of ether oxygens (including phenoxy) is 2. The lowest BCUT2D eigenvalue weighted by molar-refractivity contribution is 0.412. The molecule has 0 fully saturated rings. The van der Waals surface area contributed by atoms with E-state index in [1.807, 2.05) is 0 Å². The van der Waals surface area contributed by atoms with Crippen LogP contribution in [-0.4, -0.2) is 22.6 Å². The lowest BCUT2D eigenvalue weighted by Gasteiger charge is -2.13. The third-order valence-corrected chi connectivity index (χ3v) is 4.50. The first kappa shape index (κ1) is 15.2. The van der Waals surface area contributed by atoms with Gasteiger partial charge in [0.1, 0.15) is 11.5 Å². The number of anilines is 1. The van der Waals surface area contributed by atoms with Crippen LogP contribution >= 0.6 is 0 Å². The zero-order valence-electron chi connectivity index (χ0n) is 12.1. The summed E-state index contributed by atoms with van der Waals surface area (Å²) >= 11 is 0. The maximum absolute atomic E-state index is 12.4. The summed E-state index contributed by atoms with van der Waals surface area (Å²) in [5.74, 6) is 1.23. The lowest BCUT2D eigenvalue weighted by Crippen LogP contribution is -2.13. The van der Waals surface area contributed by atoms with Gasteiger partial charge in [-0.25, -0.2) is 8.42 Å². The van der Waals surface area contributed by atoms with Crippen LogP contribution in [0.5, 0.6) is 11.5 Å². The van der Waals surface area contributed by atoms with Crippen molar-refractivity contribution in [2.45, 2.75) is 11.8 Å². The van der Waals surface area contributed by atoms with E-state index in [4.69, 9.17) is 9.47 Å². The van der Waals surface area contributed by atoms with Crippen LogP contribution in [0.15, 0.2) is 47.4 Å². The molecule has 21 heavy (non-hydrogen) atoms. The minimum atomic E-state index is -3.65. The second-order valence-electron chi connectivity index (χ2n) is 4.41. The normalized spacial score (nSPS) is 11.0. The molecular weight excluding hydrogens is 290 g/mol. The fraction of sp³-hybridized carbons (Fsp3) is 0.200. The molecule has 0 bridgehead atoms. The van der Waals surface area contributed by atoms with E-state index in [9.17, 15) is 8.42 Å². The molecule has 0 heterocycles. The lowest BCUT2D eigenvalue weighted by atomic mass is 10.2. The van der Waals surface area contributed by atoms with Gasteiger partial charge in [-0.2, -0.15) is 0 Å². The Hall–Kier alpha value is -2.21. The predicted molar refractivity (Wildman–Crippen MR) is 81.5 cm³/mol. The molecule has 112 valence electrons. The summed E-state index contributed by atoms with van der Waals surface area (Å²) in [6.45, 7) is 1.80. The molecule has 0 atom stereocenters. The monoisotopic (exact) mass is 307 g/mol. The first-order chi connectivity index (χ1) is 9.97. The smallest absolute Gasteiger partial charge is 0.261 e. The summed E-state index contributed by atoms with van der Waals surface area (Å²) in [5, 5.41) is 0. The van der Waals surface area contributed by atoms with Crippen LogP contribution in [0.3, 0.4) is 0 Å². The van der Waals surface area contributed by atoms with Crippen molar-refractivity contribution in [2.24, 2.45) is 0 Å². The Morgan fingerprint density at radius 3 is 2.19 bits per heavy atom. The van der Waals surface area contributed by atoms with E-state index in [0.29, 0.717) is 17.2 Å². The number of benzene rings is 2. The molecule has 0 aliphatic carbocycles. The van der Waals surface area contributed by atoms with Crippen molar-refractivity contribution < 1.29 is 17.9 Å². The van der Waals surface area contributed by atoms with Gasteiger partial charge >= 0.3 is 0 Å². The maximum Gasteiger partial charge on any atom is 0.261 e. The Morgan fingerprint density at radius 2 is 1.62 bits per heavy atom. The van der Waals surface area contributed by atoms with E-state index in [0.717, 1.165) is 5.56 Å². The summed E-state index contributed by atoms with van der Waals surface area (Å²) in [6, 6.07) is 11.4. The molecule has 0 saturated heterocycles. The third kappa shape index (κ3) is 3.28. The minimum absolute atomic E-state index is 0.172. The molecule has 0 amide bonds. The Bertz CT molecular complexity index is 724. The molecule has 2 aromatic rings. The van der Waals surface area contributed by atoms with E-state index in [1.54, 1.807) is 44.4 Å². The number of hydrogen-bond donors (Lipinski definition) is 1.